The molecule has 1 N–H and O–H groups in total. The summed E-state index contributed by atoms with van der Waals surface area (Å²) in [5.74, 6) is -0.112. The second-order valence-electron chi connectivity index (χ2n) is 8.15. The predicted octanol–water partition coefficient (Wildman–Crippen LogP) is 4.45. The Kier molecular flexibility index (Phi) is 8.18. The zero-order valence-electron chi connectivity index (χ0n) is 18.9. The number of thioether (sulfide) groups is 1. The molecule has 1 aromatic heterocycles. The van der Waals surface area contributed by atoms with Gasteiger partial charge in [0.25, 0.3) is 11.5 Å². The van der Waals surface area contributed by atoms with Gasteiger partial charge in [0.2, 0.25) is 0 Å². The average Bonchev–Trinajstić information content (AvgIpc) is 3.36. The number of rotatable bonds is 9. The fourth-order valence-corrected chi connectivity index (χ4v) is 4.96. The van der Waals surface area contributed by atoms with Gasteiger partial charge in [-0.1, -0.05) is 46.7 Å². The van der Waals surface area contributed by atoms with Gasteiger partial charge in [0.05, 0.1) is 29.3 Å². The molecule has 0 spiro atoms. The number of fused-ring (bicyclic) bond motifs is 1. The molecule has 1 atom stereocenters. The molecule has 3 aromatic rings. The van der Waals surface area contributed by atoms with Crippen molar-refractivity contribution < 1.29 is 14.3 Å². The summed E-state index contributed by atoms with van der Waals surface area (Å²) in [6, 6.07) is 12.1. The maximum atomic E-state index is 13.4. The van der Waals surface area contributed by atoms with Crippen LogP contribution in [0.1, 0.15) is 46.9 Å². The lowest BCUT2D eigenvalue weighted by Gasteiger charge is -2.16. The smallest absolute Gasteiger partial charge is 0.262 e. The Bertz CT molecular complexity index is 1250. The van der Waals surface area contributed by atoms with E-state index in [0.717, 1.165) is 23.7 Å². The number of aromatic nitrogens is 2. The van der Waals surface area contributed by atoms with Crippen LogP contribution in [0.5, 0.6) is 0 Å². The van der Waals surface area contributed by atoms with Crippen molar-refractivity contribution in [1.82, 2.24) is 14.9 Å². The van der Waals surface area contributed by atoms with Crippen LogP contribution in [0.4, 0.5) is 0 Å². The van der Waals surface area contributed by atoms with Crippen molar-refractivity contribution in [1.29, 1.82) is 0 Å². The molecular weight excluding hydrogens is 518 g/mol. The minimum absolute atomic E-state index is 0.0526. The number of hydrogen-bond donors (Lipinski definition) is 1. The van der Waals surface area contributed by atoms with E-state index in [0.29, 0.717) is 46.9 Å². The highest BCUT2D eigenvalue weighted by atomic mass is 79.9. The van der Waals surface area contributed by atoms with Crippen molar-refractivity contribution in [2.75, 3.05) is 18.9 Å². The van der Waals surface area contributed by atoms with Gasteiger partial charge in [-0.15, -0.1) is 0 Å². The van der Waals surface area contributed by atoms with Gasteiger partial charge in [0, 0.05) is 28.8 Å². The predicted molar refractivity (Wildman–Crippen MR) is 137 cm³/mol. The van der Waals surface area contributed by atoms with Gasteiger partial charge in [-0.25, -0.2) is 4.98 Å². The second-order valence-corrected chi connectivity index (χ2v) is 10.0. The molecule has 1 fully saturated rings. The Morgan fingerprint density at radius 1 is 1.21 bits per heavy atom. The molecule has 2 aromatic carbocycles. The van der Waals surface area contributed by atoms with Crippen LogP contribution in [0.3, 0.4) is 0 Å². The van der Waals surface area contributed by atoms with Crippen LogP contribution < -0.4 is 10.9 Å². The molecule has 1 saturated heterocycles. The Hall–Kier alpha value is -2.49. The molecule has 34 heavy (non-hydrogen) atoms. The van der Waals surface area contributed by atoms with E-state index in [1.165, 1.54) is 11.8 Å². The molecule has 0 radical (unpaired) electrons. The van der Waals surface area contributed by atoms with Gasteiger partial charge in [0.1, 0.15) is 0 Å². The van der Waals surface area contributed by atoms with Crippen molar-refractivity contribution in [3.8, 4) is 0 Å². The van der Waals surface area contributed by atoms with Gasteiger partial charge in [-0.05, 0) is 49.6 Å². The van der Waals surface area contributed by atoms with Crippen LogP contribution in [0.2, 0.25) is 0 Å². The van der Waals surface area contributed by atoms with E-state index in [1.54, 1.807) is 34.9 Å². The standard InChI is InChI=1S/C25H26BrN3O4S/c1-2-11-27-23(31)17-7-10-20-21(13-17)28-25(29(24(20)32)14-19-4-3-12-33-19)34-15-22(30)16-5-8-18(26)9-6-16/h5-10,13,19H,2-4,11-12,14-15H2,1H3,(H,27,31)/t19-/m0/s1. The SMILES string of the molecule is CCCNC(=O)c1ccc2c(=O)n(C[C@@H]3CCCO3)c(SCC(=O)c3ccc(Br)cc3)nc2c1. The number of ketones is 1. The Morgan fingerprint density at radius 3 is 2.68 bits per heavy atom. The van der Waals surface area contributed by atoms with Crippen LogP contribution >= 0.6 is 27.7 Å². The number of hydrogen-bond acceptors (Lipinski definition) is 6. The molecule has 4 rings (SSSR count). The number of carbonyl (C=O) groups is 2. The summed E-state index contributed by atoms with van der Waals surface area (Å²) >= 11 is 4.61. The van der Waals surface area contributed by atoms with Crippen molar-refractivity contribution in [3.63, 3.8) is 0 Å². The Labute approximate surface area is 210 Å². The highest BCUT2D eigenvalue weighted by molar-refractivity contribution is 9.10. The third kappa shape index (κ3) is 5.76. The topological polar surface area (TPSA) is 90.3 Å². The first-order valence-corrected chi connectivity index (χ1v) is 13.1. The number of Topliss-reactive ketones (excluding diaryl/α,β-unsaturated/α-hetero) is 1. The number of halogens is 1. The van der Waals surface area contributed by atoms with Crippen LogP contribution in [0, 0.1) is 0 Å². The third-order valence-electron chi connectivity index (χ3n) is 5.63. The Balaban J connectivity index is 1.66. The molecule has 1 amide bonds. The summed E-state index contributed by atoms with van der Waals surface area (Å²) < 4.78 is 8.26. The molecular formula is C25H26BrN3O4S. The molecule has 0 aliphatic carbocycles. The molecule has 9 heteroatoms. The summed E-state index contributed by atoms with van der Waals surface area (Å²) in [7, 11) is 0. The van der Waals surface area contributed by atoms with E-state index in [1.807, 2.05) is 19.1 Å². The van der Waals surface area contributed by atoms with E-state index in [2.05, 4.69) is 21.2 Å². The highest BCUT2D eigenvalue weighted by Crippen LogP contribution is 2.23. The van der Waals surface area contributed by atoms with Gasteiger partial charge in [0.15, 0.2) is 10.9 Å². The van der Waals surface area contributed by atoms with E-state index in [9.17, 15) is 14.4 Å². The monoisotopic (exact) mass is 543 g/mol. The molecule has 0 unspecified atom stereocenters. The minimum Gasteiger partial charge on any atom is -0.376 e. The van der Waals surface area contributed by atoms with Crippen LogP contribution in [-0.4, -0.2) is 46.2 Å². The van der Waals surface area contributed by atoms with Crippen molar-refractivity contribution in [2.24, 2.45) is 0 Å². The first-order chi connectivity index (χ1) is 16.5. The number of ether oxygens (including phenoxy) is 1. The largest absolute Gasteiger partial charge is 0.376 e. The summed E-state index contributed by atoms with van der Waals surface area (Å²) in [5.41, 5.74) is 1.29. The number of benzene rings is 2. The lowest BCUT2D eigenvalue weighted by atomic mass is 10.1. The molecule has 0 saturated carbocycles. The van der Waals surface area contributed by atoms with Crippen molar-refractivity contribution in [2.45, 2.75) is 44.0 Å². The molecule has 0 bridgehead atoms. The first kappa shape index (κ1) is 24.6. The third-order valence-corrected chi connectivity index (χ3v) is 7.13. The molecule has 178 valence electrons. The van der Waals surface area contributed by atoms with E-state index < -0.39 is 0 Å². The molecule has 1 aliphatic rings. The zero-order valence-corrected chi connectivity index (χ0v) is 21.3. The van der Waals surface area contributed by atoms with Gasteiger partial charge in [-0.3, -0.25) is 19.0 Å². The number of nitrogens with zero attached hydrogens (tertiary/aromatic N) is 2. The summed E-state index contributed by atoms with van der Waals surface area (Å²) in [6.07, 6.45) is 2.61. The lowest BCUT2D eigenvalue weighted by Crippen LogP contribution is -2.29. The Morgan fingerprint density at radius 2 is 1.97 bits per heavy atom. The van der Waals surface area contributed by atoms with Gasteiger partial charge in [-0.2, -0.15) is 0 Å². The van der Waals surface area contributed by atoms with E-state index in [-0.39, 0.29) is 29.1 Å². The maximum absolute atomic E-state index is 13.4. The molecule has 7 nitrogen and oxygen atoms in total. The summed E-state index contributed by atoms with van der Waals surface area (Å²) in [5, 5.41) is 3.73. The van der Waals surface area contributed by atoms with Gasteiger partial charge < -0.3 is 10.1 Å². The second kappa shape index (κ2) is 11.3. The molecule has 2 heterocycles. The molecule has 1 aliphatic heterocycles. The maximum Gasteiger partial charge on any atom is 0.262 e. The van der Waals surface area contributed by atoms with Crippen LogP contribution in [0.25, 0.3) is 10.9 Å². The van der Waals surface area contributed by atoms with Crippen LogP contribution in [-0.2, 0) is 11.3 Å². The quantitative estimate of drug-likeness (QED) is 0.243. The van der Waals surface area contributed by atoms with Crippen molar-refractivity contribution >= 4 is 50.3 Å². The van der Waals surface area contributed by atoms with Crippen molar-refractivity contribution in [3.05, 3.63) is 68.4 Å². The highest BCUT2D eigenvalue weighted by Gasteiger charge is 2.21. The normalized spacial score (nSPS) is 15.5. The number of carbonyl (C=O) groups excluding carboxylic acids is 2. The lowest BCUT2D eigenvalue weighted by molar-refractivity contribution is 0.0937. The summed E-state index contributed by atoms with van der Waals surface area (Å²) in [4.78, 5) is 43.3. The number of nitrogens with one attached hydrogen (secondary N) is 1. The van der Waals surface area contributed by atoms with Crippen LogP contribution in [0.15, 0.2) is 56.9 Å². The average molecular weight is 544 g/mol. The zero-order chi connectivity index (χ0) is 24.1. The summed E-state index contributed by atoms with van der Waals surface area (Å²) in [6.45, 7) is 3.63. The van der Waals surface area contributed by atoms with E-state index >= 15 is 0 Å². The fourth-order valence-electron chi connectivity index (χ4n) is 3.79. The fraction of sp³-hybridized carbons (Fsp3) is 0.360. The number of amides is 1. The minimum atomic E-state index is -0.200. The van der Waals surface area contributed by atoms with Gasteiger partial charge >= 0.3 is 0 Å². The first-order valence-electron chi connectivity index (χ1n) is 11.3. The van der Waals surface area contributed by atoms with E-state index in [4.69, 9.17) is 9.72 Å².